The Balaban J connectivity index is 1.45. The second-order valence-corrected chi connectivity index (χ2v) is 14.1. The Morgan fingerprint density at radius 2 is 1.04 bits per heavy atom. The van der Waals surface area contributed by atoms with Gasteiger partial charge in [-0.15, -0.1) is 0 Å². The topological polar surface area (TPSA) is 62.1 Å². The minimum absolute atomic E-state index is 0.0408. The van der Waals surface area contributed by atoms with Gasteiger partial charge in [0.15, 0.2) is 12.4 Å². The lowest BCUT2D eigenvalue weighted by atomic mass is 9.64. The highest BCUT2D eigenvalue weighted by Crippen LogP contribution is 2.47. The van der Waals surface area contributed by atoms with Crippen LogP contribution in [-0.2, 0) is 17.9 Å². The van der Waals surface area contributed by atoms with Crippen LogP contribution in [0, 0.1) is 27.7 Å². The Bertz CT molecular complexity index is 1680. The number of aryl methyl sites for hydroxylation is 5. The van der Waals surface area contributed by atoms with Gasteiger partial charge in [-0.2, -0.15) is 0 Å². The summed E-state index contributed by atoms with van der Waals surface area (Å²) in [5.41, 5.74) is 11.1. The lowest BCUT2D eigenvalue weighted by molar-refractivity contribution is -0.671. The van der Waals surface area contributed by atoms with E-state index in [4.69, 9.17) is 0 Å². The average Bonchev–Trinajstić information content (AvgIpc) is 3.00. The summed E-state index contributed by atoms with van der Waals surface area (Å²) in [4.78, 5) is 26.4. The lowest BCUT2D eigenvalue weighted by Gasteiger charge is -2.40. The molecule has 234 valence electrons. The van der Waals surface area contributed by atoms with Crippen molar-refractivity contribution in [2.24, 2.45) is 7.05 Å². The van der Waals surface area contributed by atoms with E-state index in [1.54, 1.807) is 0 Å². The fraction of sp³-hybridized carbons (Fsp3) is 0.375. The summed E-state index contributed by atoms with van der Waals surface area (Å²) in [6.45, 7) is 14.9. The van der Waals surface area contributed by atoms with Crippen molar-refractivity contribution in [3.05, 3.63) is 123 Å². The van der Waals surface area contributed by atoms with Gasteiger partial charge in [0.1, 0.15) is 7.05 Å². The molecule has 1 aliphatic carbocycles. The smallest absolute Gasteiger partial charge is 0.256 e. The van der Waals surface area contributed by atoms with Crippen LogP contribution in [0.25, 0.3) is 0 Å². The monoisotopic (exact) mass is 602 g/mol. The van der Waals surface area contributed by atoms with Crippen LogP contribution in [0.3, 0.4) is 0 Å². The predicted octanol–water partition coefficient (Wildman–Crippen LogP) is 8.80. The molecule has 5 nitrogen and oxygen atoms in total. The lowest BCUT2D eigenvalue weighted by Crippen LogP contribution is -2.31. The molecule has 5 rings (SSSR count). The number of rotatable bonds is 6. The van der Waals surface area contributed by atoms with Crippen LogP contribution in [-0.4, -0.2) is 11.8 Å². The number of benzene rings is 3. The summed E-state index contributed by atoms with van der Waals surface area (Å²) in [6, 6.07) is 20.7. The van der Waals surface area contributed by atoms with E-state index in [0.717, 1.165) is 46.5 Å². The summed E-state index contributed by atoms with van der Waals surface area (Å²) < 4.78 is 1.92. The third kappa shape index (κ3) is 6.73. The van der Waals surface area contributed by atoms with Gasteiger partial charge in [-0.1, -0.05) is 76.4 Å². The maximum absolute atomic E-state index is 13.3. The number of pyridine rings is 1. The van der Waals surface area contributed by atoms with Gasteiger partial charge in [-0.3, -0.25) is 9.59 Å². The second kappa shape index (κ2) is 12.6. The van der Waals surface area contributed by atoms with Crippen LogP contribution in [0.4, 0.5) is 11.4 Å². The summed E-state index contributed by atoms with van der Waals surface area (Å²) in [5.74, 6) is -0.189. The molecule has 2 amide bonds. The van der Waals surface area contributed by atoms with Crippen molar-refractivity contribution in [1.82, 2.24) is 0 Å². The van der Waals surface area contributed by atoms with Crippen LogP contribution in [0.1, 0.15) is 113 Å². The molecule has 0 radical (unpaired) electrons. The van der Waals surface area contributed by atoms with Gasteiger partial charge in [-0.05, 0) is 97.0 Å². The van der Waals surface area contributed by atoms with Crippen LogP contribution in [0.15, 0.2) is 73.1 Å². The van der Waals surface area contributed by atoms with Crippen LogP contribution < -0.4 is 15.2 Å². The first-order valence-electron chi connectivity index (χ1n) is 16.2. The number of anilines is 2. The molecule has 4 aromatic rings. The molecule has 1 saturated carbocycles. The summed E-state index contributed by atoms with van der Waals surface area (Å²) in [6.07, 6.45) is 9.49. The molecule has 45 heavy (non-hydrogen) atoms. The average molecular weight is 603 g/mol. The van der Waals surface area contributed by atoms with Gasteiger partial charge < -0.3 is 10.6 Å². The molecular weight excluding hydrogens is 554 g/mol. The minimum atomic E-state index is -0.120. The zero-order valence-corrected chi connectivity index (χ0v) is 28.2. The Morgan fingerprint density at radius 1 is 0.644 bits per heavy atom. The van der Waals surface area contributed by atoms with Crippen LogP contribution in [0.2, 0.25) is 0 Å². The summed E-state index contributed by atoms with van der Waals surface area (Å²) in [7, 11) is 1.94. The van der Waals surface area contributed by atoms with Gasteiger partial charge >= 0.3 is 0 Å². The predicted molar refractivity (Wildman–Crippen MR) is 184 cm³/mol. The van der Waals surface area contributed by atoms with E-state index in [9.17, 15) is 9.59 Å². The normalized spacial score (nSPS) is 14.6. The number of amides is 2. The minimum Gasteiger partial charge on any atom is -0.322 e. The molecule has 1 heterocycles. The third-order valence-corrected chi connectivity index (χ3v) is 9.61. The van der Waals surface area contributed by atoms with E-state index >= 15 is 0 Å². The Morgan fingerprint density at radius 3 is 1.44 bits per heavy atom. The molecular formula is C40H48N3O2+. The zero-order chi connectivity index (χ0) is 32.5. The van der Waals surface area contributed by atoms with Crippen molar-refractivity contribution in [2.75, 3.05) is 10.6 Å². The van der Waals surface area contributed by atoms with Gasteiger partial charge in [0.2, 0.25) is 0 Å². The number of carbonyl (C=O) groups is 2. The summed E-state index contributed by atoms with van der Waals surface area (Å²) in [5, 5.41) is 6.39. The van der Waals surface area contributed by atoms with Gasteiger partial charge in [0.25, 0.3) is 11.8 Å². The molecule has 0 aliphatic heterocycles. The molecule has 0 spiro atoms. The zero-order valence-electron chi connectivity index (χ0n) is 28.2. The van der Waals surface area contributed by atoms with Gasteiger partial charge in [-0.25, -0.2) is 4.57 Å². The third-order valence-electron chi connectivity index (χ3n) is 9.61. The Hall–Kier alpha value is -4.25. The number of hydrogen-bond donors (Lipinski definition) is 2. The molecule has 0 unspecified atom stereocenters. The van der Waals surface area contributed by atoms with Crippen molar-refractivity contribution in [3.8, 4) is 0 Å². The highest BCUT2D eigenvalue weighted by molar-refractivity contribution is 6.05. The van der Waals surface area contributed by atoms with E-state index in [0.29, 0.717) is 11.1 Å². The van der Waals surface area contributed by atoms with Crippen molar-refractivity contribution in [3.63, 3.8) is 0 Å². The number of aromatic nitrogens is 1. The molecule has 3 aromatic carbocycles. The standard InChI is InChI=1S/C40H47N3O2/c1-26-22-33(23-27(2)35(26)41-37(44)30-12-14-32(15-13-30)39(5,6)7)40(18-10-9-11-19-40)34-24-28(3)36(29(4)25-34)42-38(45)31-16-20-43(8)21-17-31/h12-17,20-25H,9-11,18-19H2,1-8H3,(H-,41,42,44,45)/p+1. The molecule has 1 aliphatic rings. The number of nitrogens with zero attached hydrogens (tertiary/aromatic N) is 1. The molecule has 1 fully saturated rings. The maximum Gasteiger partial charge on any atom is 0.256 e. The number of carbonyl (C=O) groups excluding carboxylic acids is 2. The maximum atomic E-state index is 13.3. The first-order valence-corrected chi connectivity index (χ1v) is 16.2. The van der Waals surface area contributed by atoms with Gasteiger partial charge in [0.05, 0.1) is 5.56 Å². The highest BCUT2D eigenvalue weighted by Gasteiger charge is 2.37. The largest absolute Gasteiger partial charge is 0.322 e. The highest BCUT2D eigenvalue weighted by atomic mass is 16.2. The van der Waals surface area contributed by atoms with Gasteiger partial charge in [0, 0.05) is 34.5 Å². The fourth-order valence-corrected chi connectivity index (χ4v) is 6.92. The van der Waals surface area contributed by atoms with Crippen molar-refractivity contribution in [2.45, 2.75) is 91.4 Å². The van der Waals surface area contributed by atoms with Crippen LogP contribution >= 0.6 is 0 Å². The first kappa shape index (κ1) is 32.2. The first-order chi connectivity index (χ1) is 21.3. The quantitative estimate of drug-likeness (QED) is 0.217. The summed E-state index contributed by atoms with van der Waals surface area (Å²) >= 11 is 0. The molecule has 5 heteroatoms. The van der Waals surface area contributed by atoms with Crippen molar-refractivity contribution >= 4 is 23.2 Å². The SMILES string of the molecule is Cc1cc(C2(c3cc(C)c(NC(=O)c4cc[n+](C)cc4)c(C)c3)CCCCC2)cc(C)c1NC(=O)c1ccc(C(C)(C)C)cc1. The van der Waals surface area contributed by atoms with Crippen molar-refractivity contribution in [1.29, 1.82) is 0 Å². The molecule has 0 saturated heterocycles. The molecule has 2 N–H and O–H groups in total. The molecule has 1 aromatic heterocycles. The Kier molecular flexibility index (Phi) is 9.02. The van der Waals surface area contributed by atoms with E-state index in [-0.39, 0.29) is 22.6 Å². The fourth-order valence-electron chi connectivity index (χ4n) is 6.92. The van der Waals surface area contributed by atoms with E-state index < -0.39 is 0 Å². The number of nitrogens with one attached hydrogen (secondary N) is 2. The second-order valence-electron chi connectivity index (χ2n) is 14.1. The molecule has 0 bridgehead atoms. The molecule has 0 atom stereocenters. The van der Waals surface area contributed by atoms with Crippen LogP contribution in [0.5, 0.6) is 0 Å². The number of hydrogen-bond acceptors (Lipinski definition) is 2. The Labute approximate surface area is 269 Å². The van der Waals surface area contributed by atoms with E-state index in [1.165, 1.54) is 36.0 Å². The van der Waals surface area contributed by atoms with Crippen molar-refractivity contribution < 1.29 is 14.2 Å². The van der Waals surface area contributed by atoms with E-state index in [1.807, 2.05) is 60.4 Å². The van der Waals surface area contributed by atoms with E-state index in [2.05, 4.69) is 83.4 Å².